The zero-order chi connectivity index (χ0) is 11.0. The highest BCUT2D eigenvalue weighted by atomic mass is 28.3. The van der Waals surface area contributed by atoms with E-state index in [2.05, 4.69) is 20.8 Å². The van der Waals surface area contributed by atoms with Crippen LogP contribution in [0, 0.1) is 0 Å². The van der Waals surface area contributed by atoms with Crippen LogP contribution < -0.4 is 0 Å². The van der Waals surface area contributed by atoms with E-state index in [0.717, 1.165) is 12.8 Å². The van der Waals surface area contributed by atoms with E-state index in [1.807, 2.05) is 13.8 Å². The zero-order valence-electron chi connectivity index (χ0n) is 10.1. The van der Waals surface area contributed by atoms with Crippen LogP contribution in [0.5, 0.6) is 0 Å². The first-order valence-electron chi connectivity index (χ1n) is 5.52. The Morgan fingerprint density at radius 2 is 1.36 bits per heavy atom. The highest BCUT2D eigenvalue weighted by Crippen LogP contribution is 2.20. The molecular weight excluding hydrogens is 196 g/mol. The Bertz CT molecular complexity index is 131. The van der Waals surface area contributed by atoms with Gasteiger partial charge in [0.15, 0.2) is 0 Å². The van der Waals surface area contributed by atoms with Gasteiger partial charge in [-0.15, -0.1) is 0 Å². The molecule has 0 aliphatic heterocycles. The highest BCUT2D eigenvalue weighted by Gasteiger charge is 2.27. The SMILES string of the molecule is CCO[SiH](OCC)OC(C)(CC)CC. The third-order valence-corrected chi connectivity index (χ3v) is 4.45. The molecule has 0 radical (unpaired) electrons. The fourth-order valence-corrected chi connectivity index (χ4v) is 2.61. The maximum Gasteiger partial charge on any atom is 0.484 e. The second-order valence-electron chi connectivity index (χ2n) is 3.47. The fraction of sp³-hybridized carbons (Fsp3) is 1.00. The summed E-state index contributed by atoms with van der Waals surface area (Å²) in [5.41, 5.74) is -0.0821. The fourth-order valence-electron chi connectivity index (χ4n) is 1.04. The lowest BCUT2D eigenvalue weighted by atomic mass is 10.0. The first-order chi connectivity index (χ1) is 6.61. The molecule has 0 aliphatic carbocycles. The summed E-state index contributed by atoms with van der Waals surface area (Å²) >= 11 is 0. The molecule has 0 bridgehead atoms. The number of hydrogen-bond donors (Lipinski definition) is 0. The van der Waals surface area contributed by atoms with Gasteiger partial charge in [-0.05, 0) is 33.6 Å². The van der Waals surface area contributed by atoms with Crippen LogP contribution >= 0.6 is 0 Å². The Labute approximate surface area is 89.7 Å². The summed E-state index contributed by atoms with van der Waals surface area (Å²) in [6, 6.07) is 0. The summed E-state index contributed by atoms with van der Waals surface area (Å²) < 4.78 is 16.9. The standard InChI is InChI=1S/C10H24O3Si/c1-6-10(5,7-2)13-14(11-8-3)12-9-4/h14H,6-9H2,1-5H3. The molecule has 0 N–H and O–H groups in total. The summed E-state index contributed by atoms with van der Waals surface area (Å²) in [6.07, 6.45) is 1.99. The summed E-state index contributed by atoms with van der Waals surface area (Å²) in [5, 5.41) is 0. The molecule has 3 nitrogen and oxygen atoms in total. The van der Waals surface area contributed by atoms with Gasteiger partial charge in [0.1, 0.15) is 0 Å². The van der Waals surface area contributed by atoms with Gasteiger partial charge in [0, 0.05) is 13.2 Å². The molecule has 0 unspecified atom stereocenters. The lowest BCUT2D eigenvalue weighted by Gasteiger charge is -2.30. The summed E-state index contributed by atoms with van der Waals surface area (Å²) in [6.45, 7) is 11.7. The van der Waals surface area contributed by atoms with Crippen molar-refractivity contribution in [2.24, 2.45) is 0 Å². The molecule has 0 atom stereocenters. The van der Waals surface area contributed by atoms with Gasteiger partial charge >= 0.3 is 9.53 Å². The molecule has 4 heteroatoms. The van der Waals surface area contributed by atoms with Crippen molar-refractivity contribution in [1.82, 2.24) is 0 Å². The Kier molecular flexibility index (Phi) is 7.45. The Morgan fingerprint density at radius 3 is 1.64 bits per heavy atom. The minimum absolute atomic E-state index is 0.0821. The molecular formula is C10H24O3Si. The van der Waals surface area contributed by atoms with Crippen molar-refractivity contribution in [3.8, 4) is 0 Å². The third kappa shape index (κ3) is 5.10. The van der Waals surface area contributed by atoms with Gasteiger partial charge in [-0.2, -0.15) is 0 Å². The molecule has 0 fully saturated rings. The molecule has 14 heavy (non-hydrogen) atoms. The number of hydrogen-bond acceptors (Lipinski definition) is 3. The Morgan fingerprint density at radius 1 is 0.929 bits per heavy atom. The van der Waals surface area contributed by atoms with E-state index in [1.165, 1.54) is 0 Å². The van der Waals surface area contributed by atoms with Crippen molar-refractivity contribution in [1.29, 1.82) is 0 Å². The van der Waals surface area contributed by atoms with Gasteiger partial charge < -0.3 is 13.3 Å². The second-order valence-corrected chi connectivity index (χ2v) is 4.95. The maximum absolute atomic E-state index is 5.91. The first-order valence-corrected chi connectivity index (χ1v) is 6.94. The van der Waals surface area contributed by atoms with Crippen molar-refractivity contribution in [3.63, 3.8) is 0 Å². The average molecular weight is 220 g/mol. The summed E-state index contributed by atoms with van der Waals surface area (Å²) in [4.78, 5) is 0. The molecule has 0 saturated carbocycles. The van der Waals surface area contributed by atoms with Crippen molar-refractivity contribution in [3.05, 3.63) is 0 Å². The van der Waals surface area contributed by atoms with Crippen LogP contribution in [0.15, 0.2) is 0 Å². The van der Waals surface area contributed by atoms with E-state index in [9.17, 15) is 0 Å². The van der Waals surface area contributed by atoms with Gasteiger partial charge in [0.2, 0.25) is 0 Å². The van der Waals surface area contributed by atoms with Crippen LogP contribution in [0.4, 0.5) is 0 Å². The molecule has 0 saturated heterocycles. The van der Waals surface area contributed by atoms with Gasteiger partial charge in [-0.1, -0.05) is 13.8 Å². The molecule has 0 amide bonds. The van der Waals surface area contributed by atoms with Gasteiger partial charge in [0.25, 0.3) is 0 Å². The smallest absolute Gasteiger partial charge is 0.376 e. The zero-order valence-corrected chi connectivity index (χ0v) is 11.3. The molecule has 0 rings (SSSR count). The van der Waals surface area contributed by atoms with Crippen LogP contribution in [0.1, 0.15) is 47.5 Å². The van der Waals surface area contributed by atoms with Crippen molar-refractivity contribution < 1.29 is 13.3 Å². The molecule has 86 valence electrons. The highest BCUT2D eigenvalue weighted by molar-refractivity contribution is 6.36. The molecule has 0 aromatic carbocycles. The largest absolute Gasteiger partial charge is 0.484 e. The predicted molar refractivity (Wildman–Crippen MR) is 60.5 cm³/mol. The monoisotopic (exact) mass is 220 g/mol. The third-order valence-electron chi connectivity index (χ3n) is 2.48. The second kappa shape index (κ2) is 7.40. The quantitative estimate of drug-likeness (QED) is 0.588. The van der Waals surface area contributed by atoms with E-state index in [-0.39, 0.29) is 5.60 Å². The lowest BCUT2D eigenvalue weighted by molar-refractivity contribution is -0.000680. The predicted octanol–water partition coefficient (Wildman–Crippen LogP) is 2.37. The van der Waals surface area contributed by atoms with Gasteiger partial charge in [-0.3, -0.25) is 0 Å². The first kappa shape index (κ1) is 14.1. The Hall–Kier alpha value is 0.0969. The van der Waals surface area contributed by atoms with Gasteiger partial charge in [0.05, 0.1) is 5.60 Å². The molecule has 0 aromatic rings. The summed E-state index contributed by atoms with van der Waals surface area (Å²) in [7, 11) is -1.89. The minimum Gasteiger partial charge on any atom is -0.376 e. The van der Waals surface area contributed by atoms with Crippen molar-refractivity contribution in [2.75, 3.05) is 13.2 Å². The van der Waals surface area contributed by atoms with Crippen LogP contribution in [0.3, 0.4) is 0 Å². The molecule has 0 spiro atoms. The van der Waals surface area contributed by atoms with E-state index in [0.29, 0.717) is 13.2 Å². The van der Waals surface area contributed by atoms with Crippen molar-refractivity contribution in [2.45, 2.75) is 53.1 Å². The van der Waals surface area contributed by atoms with Crippen LogP contribution in [0.25, 0.3) is 0 Å². The van der Waals surface area contributed by atoms with E-state index < -0.39 is 9.53 Å². The van der Waals surface area contributed by atoms with Crippen LogP contribution in [-0.2, 0) is 13.3 Å². The minimum atomic E-state index is -1.89. The van der Waals surface area contributed by atoms with E-state index >= 15 is 0 Å². The maximum atomic E-state index is 5.91. The van der Waals surface area contributed by atoms with Crippen molar-refractivity contribution >= 4 is 9.53 Å². The topological polar surface area (TPSA) is 27.7 Å². The lowest BCUT2D eigenvalue weighted by Crippen LogP contribution is -2.39. The van der Waals surface area contributed by atoms with Crippen LogP contribution in [-0.4, -0.2) is 28.3 Å². The van der Waals surface area contributed by atoms with E-state index in [1.54, 1.807) is 0 Å². The molecule has 0 aromatic heterocycles. The Balaban J connectivity index is 4.10. The van der Waals surface area contributed by atoms with Gasteiger partial charge in [-0.25, -0.2) is 0 Å². The normalized spacial score (nSPS) is 12.4. The molecule has 0 aliphatic rings. The van der Waals surface area contributed by atoms with Crippen LogP contribution in [0.2, 0.25) is 0 Å². The summed E-state index contributed by atoms with van der Waals surface area (Å²) in [5.74, 6) is 0. The molecule has 0 heterocycles. The average Bonchev–Trinajstić information content (AvgIpc) is 2.18. The van der Waals surface area contributed by atoms with E-state index in [4.69, 9.17) is 13.3 Å². The number of rotatable bonds is 8.